The molecular weight excluding hydrogens is 988 g/mol. The number of benzene rings is 7. The smallest absolute Gasteiger partial charge is 0.150 e. The zero-order valence-corrected chi connectivity index (χ0v) is 40.7. The van der Waals surface area contributed by atoms with E-state index in [2.05, 4.69) is 57.3 Å². The molecule has 11 rings (SSSR count). The number of para-hydroxylation sites is 2. The first-order valence-electron chi connectivity index (χ1n) is 24.4. The molecule has 1 N–H and O–H groups in total. The van der Waals surface area contributed by atoms with Crippen molar-refractivity contribution in [2.45, 2.75) is 79.0 Å². The quantitative estimate of drug-likeness (QED) is 0.154. The van der Waals surface area contributed by atoms with E-state index in [1.54, 1.807) is 12.3 Å². The van der Waals surface area contributed by atoms with Gasteiger partial charge < -0.3 is 9.51 Å². The Kier molecular flexibility index (Phi) is 9.80. The molecule has 4 heterocycles. The summed E-state index contributed by atoms with van der Waals surface area (Å²) in [4.78, 5) is 10.3. The molecule has 0 unspecified atom stereocenters. The number of fused-ring (bicyclic) bond motifs is 10. The van der Waals surface area contributed by atoms with Crippen molar-refractivity contribution in [3.8, 4) is 50.4 Å². The SMILES string of the molecule is [2H]C(C)(C)c1cccc(C([2H])(C)C)c1-c1ccnc(-c2[c-]c(-c3cccc4c3nc3c5c(O)cccc5n5c6ccccc6c6c(-c7c(C([2H])(C)C)cccc7C([2H])(C)C)ccc(c65)n43)ccc2)c1.[Pt]. The maximum Gasteiger partial charge on any atom is 0.150 e. The van der Waals surface area contributed by atoms with E-state index in [-0.39, 0.29) is 26.8 Å². The van der Waals surface area contributed by atoms with Crippen LogP contribution in [-0.4, -0.2) is 23.9 Å². The molecule has 11 aromatic rings. The third-order valence-corrected chi connectivity index (χ3v) is 13.2. The van der Waals surface area contributed by atoms with E-state index in [0.717, 1.165) is 111 Å². The normalized spacial score (nSPS) is 13.6. The van der Waals surface area contributed by atoms with Crippen LogP contribution in [0.15, 0.2) is 146 Å². The number of aromatic nitrogens is 4. The monoisotopic (exact) mass is 1040 g/mol. The number of hydrogen-bond acceptors (Lipinski definition) is 3. The number of hydrogen-bond donors (Lipinski definition) is 1. The topological polar surface area (TPSA) is 54.8 Å². The second-order valence-corrected chi connectivity index (χ2v) is 18.2. The Morgan fingerprint density at radius 3 is 1.82 bits per heavy atom. The fourth-order valence-electron chi connectivity index (χ4n) is 10.3. The molecule has 4 aromatic heterocycles. The van der Waals surface area contributed by atoms with Crippen LogP contribution in [0.3, 0.4) is 0 Å². The van der Waals surface area contributed by atoms with Gasteiger partial charge in [-0.1, -0.05) is 151 Å². The van der Waals surface area contributed by atoms with Crippen LogP contribution in [0.1, 0.15) is 107 Å². The third-order valence-electron chi connectivity index (χ3n) is 13.2. The Labute approximate surface area is 406 Å². The largest absolute Gasteiger partial charge is 0.507 e. The Hall–Kier alpha value is -6.55. The molecule has 0 aliphatic rings. The van der Waals surface area contributed by atoms with Gasteiger partial charge in [0, 0.05) is 49.2 Å². The molecule has 0 radical (unpaired) electrons. The molecule has 6 heteroatoms. The van der Waals surface area contributed by atoms with Gasteiger partial charge in [-0.05, 0) is 104 Å². The van der Waals surface area contributed by atoms with Gasteiger partial charge in [0.15, 0.2) is 5.65 Å². The maximum absolute atomic E-state index is 12.0. The average molecular weight is 1050 g/mol. The minimum absolute atomic E-state index is 0. The summed E-state index contributed by atoms with van der Waals surface area (Å²) in [7, 11) is 0. The zero-order chi connectivity index (χ0) is 48.5. The van der Waals surface area contributed by atoms with Crippen LogP contribution >= 0.6 is 0 Å². The summed E-state index contributed by atoms with van der Waals surface area (Å²) >= 11 is 0. The van der Waals surface area contributed by atoms with Crippen LogP contribution < -0.4 is 0 Å². The second kappa shape index (κ2) is 16.7. The van der Waals surface area contributed by atoms with Crippen molar-refractivity contribution in [3.05, 3.63) is 174 Å². The van der Waals surface area contributed by atoms with E-state index in [9.17, 15) is 7.85 Å². The van der Waals surface area contributed by atoms with Gasteiger partial charge in [-0.2, -0.15) is 0 Å². The molecule has 5 nitrogen and oxygen atoms in total. The van der Waals surface area contributed by atoms with E-state index in [0.29, 0.717) is 11.0 Å². The van der Waals surface area contributed by atoms with Crippen LogP contribution in [0, 0.1) is 6.07 Å². The molecule has 0 saturated heterocycles. The van der Waals surface area contributed by atoms with Crippen LogP contribution in [0.25, 0.3) is 99.5 Å². The van der Waals surface area contributed by atoms with Gasteiger partial charge >= 0.3 is 0 Å². The third kappa shape index (κ3) is 6.69. The van der Waals surface area contributed by atoms with Crippen LogP contribution in [0.5, 0.6) is 5.75 Å². The van der Waals surface area contributed by atoms with E-state index in [1.165, 1.54) is 0 Å². The minimum atomic E-state index is -0.961. The van der Waals surface area contributed by atoms with E-state index >= 15 is 0 Å². The number of phenolic OH excluding ortho intramolecular Hbond substituents is 1. The summed E-state index contributed by atoms with van der Waals surface area (Å²) in [6, 6.07) is 50.2. The first kappa shape index (κ1) is 38.7. The Morgan fingerprint density at radius 2 is 1.12 bits per heavy atom. The van der Waals surface area contributed by atoms with Crippen molar-refractivity contribution in [2.24, 2.45) is 0 Å². The van der Waals surface area contributed by atoms with Gasteiger partial charge in [-0.25, -0.2) is 4.98 Å². The first-order chi connectivity index (χ1) is 32.7. The number of imidazole rings is 1. The molecule has 0 atom stereocenters. The number of nitrogens with zero attached hydrogens (tertiary/aromatic N) is 4. The van der Waals surface area contributed by atoms with Crippen molar-refractivity contribution in [1.82, 2.24) is 18.8 Å². The number of phenols is 1. The summed E-state index contributed by atoms with van der Waals surface area (Å²) < 4.78 is 41.3. The number of aromatic hydroxyl groups is 1. The molecular formula is C60H53N4OPt-. The van der Waals surface area contributed by atoms with Gasteiger partial charge in [-0.3, -0.25) is 9.38 Å². The molecule has 0 amide bonds. The summed E-state index contributed by atoms with van der Waals surface area (Å²) in [5.41, 5.74) is 16.0. The van der Waals surface area contributed by atoms with E-state index in [4.69, 9.17) is 12.7 Å². The van der Waals surface area contributed by atoms with Crippen LogP contribution in [0.2, 0.25) is 0 Å². The van der Waals surface area contributed by atoms with Crippen molar-refractivity contribution in [3.63, 3.8) is 0 Å². The molecule has 0 aliphatic carbocycles. The standard InChI is InChI=1S/C60H53N4O.Pt/c1-34(2)41-19-12-20-42(35(3)4)54(41)40-30-31-61-48(33-40)39-17-11-16-38(32-39)45-23-14-26-51-58(45)62-60-57-50(25-15-27-53(57)65)63-49-24-10-9-18-46(49)56-47(28-29-52(59(56)63)64(51)60)55-43(36(5)6)21-13-22-44(55)37(7)8;/h9-31,33-37,65H,1-8H3;/q-1;/i34D,35D,36D,37D;. The number of pyridine rings is 1. The molecule has 66 heavy (non-hydrogen) atoms. The predicted molar refractivity (Wildman–Crippen MR) is 273 cm³/mol. The van der Waals surface area contributed by atoms with Crippen molar-refractivity contribution >= 4 is 54.9 Å². The average Bonchev–Trinajstić information content (AvgIpc) is 3.83. The van der Waals surface area contributed by atoms with Crippen molar-refractivity contribution in [1.29, 1.82) is 0 Å². The summed E-state index contributed by atoms with van der Waals surface area (Å²) in [5, 5.41) is 14.6. The number of rotatable bonds is 8. The fourth-order valence-corrected chi connectivity index (χ4v) is 10.3. The maximum atomic E-state index is 12.0. The fraction of sp³-hybridized carbons (Fsp3) is 0.200. The summed E-state index contributed by atoms with van der Waals surface area (Å²) in [6.07, 6.45) is 1.79. The van der Waals surface area contributed by atoms with Gasteiger partial charge in [0.25, 0.3) is 0 Å². The molecule has 0 aliphatic heterocycles. The van der Waals surface area contributed by atoms with Crippen molar-refractivity contribution < 1.29 is 31.7 Å². The molecule has 0 bridgehead atoms. The summed E-state index contributed by atoms with van der Waals surface area (Å²) in [6.45, 7) is 15.2. The predicted octanol–water partition coefficient (Wildman–Crippen LogP) is 16.3. The first-order valence-corrected chi connectivity index (χ1v) is 22.4. The molecule has 330 valence electrons. The molecule has 7 aromatic carbocycles. The minimum Gasteiger partial charge on any atom is -0.507 e. The Morgan fingerprint density at radius 1 is 0.530 bits per heavy atom. The van der Waals surface area contributed by atoms with Gasteiger partial charge in [0.2, 0.25) is 0 Å². The second-order valence-electron chi connectivity index (χ2n) is 18.2. The zero-order valence-electron chi connectivity index (χ0n) is 42.4. The van der Waals surface area contributed by atoms with Crippen molar-refractivity contribution in [2.75, 3.05) is 0 Å². The van der Waals surface area contributed by atoms with Gasteiger partial charge in [-0.15, -0.1) is 29.8 Å². The molecule has 0 fully saturated rings. The molecule has 0 spiro atoms. The Balaban J connectivity index is 0.00000567. The summed E-state index contributed by atoms with van der Waals surface area (Å²) in [5.74, 6) is -3.61. The Bertz CT molecular complexity index is 3860. The molecule has 0 saturated carbocycles. The van der Waals surface area contributed by atoms with Gasteiger partial charge in [0.05, 0.1) is 38.5 Å². The van der Waals surface area contributed by atoms with E-state index in [1.807, 2.05) is 146 Å². The van der Waals surface area contributed by atoms with Crippen LogP contribution in [0.4, 0.5) is 0 Å². The van der Waals surface area contributed by atoms with E-state index < -0.39 is 23.6 Å². The van der Waals surface area contributed by atoms with Crippen LogP contribution in [-0.2, 0) is 21.1 Å². The van der Waals surface area contributed by atoms with Gasteiger partial charge in [0.1, 0.15) is 5.75 Å².